The summed E-state index contributed by atoms with van der Waals surface area (Å²) in [4.78, 5) is 7.09. The number of H-pyrrole nitrogens is 1. The molecule has 0 bridgehead atoms. The summed E-state index contributed by atoms with van der Waals surface area (Å²) in [5, 5.41) is 6.06. The predicted molar refractivity (Wildman–Crippen MR) is 106 cm³/mol. The Labute approximate surface area is 174 Å². The minimum absolute atomic E-state index is 0.0626. The highest BCUT2D eigenvalue weighted by molar-refractivity contribution is 9.10. The molecule has 4 aromatic rings. The van der Waals surface area contributed by atoms with Gasteiger partial charge in [0.2, 0.25) is 0 Å². The molecule has 0 radical (unpaired) electrons. The van der Waals surface area contributed by atoms with Crippen molar-refractivity contribution in [3.63, 3.8) is 0 Å². The van der Waals surface area contributed by atoms with Gasteiger partial charge in [-0.25, -0.2) is 13.4 Å². The van der Waals surface area contributed by atoms with Crippen molar-refractivity contribution in [1.82, 2.24) is 19.7 Å². The van der Waals surface area contributed by atoms with E-state index in [2.05, 4.69) is 35.7 Å². The summed E-state index contributed by atoms with van der Waals surface area (Å²) < 4.78 is 53.9. The molecule has 3 aromatic heterocycles. The van der Waals surface area contributed by atoms with Crippen LogP contribution in [0.15, 0.2) is 44.9 Å². The number of sulfonamides is 1. The van der Waals surface area contributed by atoms with Crippen molar-refractivity contribution in [1.29, 1.82) is 0 Å². The van der Waals surface area contributed by atoms with Gasteiger partial charge in [0.25, 0.3) is 10.0 Å². The summed E-state index contributed by atoms with van der Waals surface area (Å²) in [5.74, 6) is 0. The smallest absolute Gasteiger partial charge is 0.334 e. The third-order valence-electron chi connectivity index (χ3n) is 3.91. The van der Waals surface area contributed by atoms with Crippen LogP contribution in [0.5, 0.6) is 0 Å². The number of hydrogen-bond acceptors (Lipinski definition) is 5. The first-order valence-corrected chi connectivity index (χ1v) is 11.1. The van der Waals surface area contributed by atoms with Gasteiger partial charge in [0.15, 0.2) is 0 Å². The van der Waals surface area contributed by atoms with Crippen LogP contribution in [0.1, 0.15) is 6.55 Å². The Balaban J connectivity index is 1.80. The molecule has 0 unspecified atom stereocenters. The number of aromatic nitrogens is 4. The summed E-state index contributed by atoms with van der Waals surface area (Å²) in [6.45, 7) is -2.91. The fourth-order valence-corrected chi connectivity index (χ4v) is 5.31. The van der Waals surface area contributed by atoms with Crippen molar-refractivity contribution in [2.45, 2.75) is 11.4 Å². The van der Waals surface area contributed by atoms with Crippen LogP contribution in [-0.4, -0.2) is 28.2 Å². The molecule has 13 heteroatoms. The molecule has 1 aromatic carbocycles. The maximum Gasteiger partial charge on any atom is 0.334 e. The lowest BCUT2D eigenvalue weighted by Crippen LogP contribution is -2.12. The Morgan fingerprint density at radius 3 is 2.79 bits per heavy atom. The Bertz CT molecular complexity index is 1270. The molecule has 7 nitrogen and oxygen atoms in total. The van der Waals surface area contributed by atoms with E-state index in [1.54, 1.807) is 23.0 Å². The summed E-state index contributed by atoms with van der Waals surface area (Å²) in [6, 6.07) is 3.15. The fourth-order valence-electron chi connectivity index (χ4n) is 2.71. The van der Waals surface area contributed by atoms with Crippen LogP contribution in [0.3, 0.4) is 0 Å². The van der Waals surface area contributed by atoms with E-state index in [1.807, 2.05) is 0 Å². The van der Waals surface area contributed by atoms with Crippen LogP contribution in [0, 0.1) is 0 Å². The summed E-state index contributed by atoms with van der Waals surface area (Å²) in [7, 11) is -4.10. The van der Waals surface area contributed by atoms with Gasteiger partial charge < -0.3 is 4.98 Å². The highest BCUT2D eigenvalue weighted by Crippen LogP contribution is 2.37. The zero-order valence-electron chi connectivity index (χ0n) is 13.5. The first-order valence-electron chi connectivity index (χ1n) is 7.51. The van der Waals surface area contributed by atoms with Gasteiger partial charge in [-0.3, -0.25) is 4.72 Å². The average Bonchev–Trinajstić information content (AvgIpc) is 3.35. The third kappa shape index (κ3) is 3.19. The molecular weight excluding hydrogens is 500 g/mol. The lowest BCUT2D eigenvalue weighted by atomic mass is 10.1. The van der Waals surface area contributed by atoms with E-state index >= 15 is 0 Å². The summed E-state index contributed by atoms with van der Waals surface area (Å²) in [5.41, 5.74) is 3.23. The zero-order valence-corrected chi connectivity index (χ0v) is 17.5. The third-order valence-corrected chi connectivity index (χ3v) is 7.01. The molecular formula is C15H9BrClF2N5O2S2. The Kier molecular flexibility index (Phi) is 4.89. The molecule has 28 heavy (non-hydrogen) atoms. The van der Waals surface area contributed by atoms with E-state index in [4.69, 9.17) is 11.6 Å². The van der Waals surface area contributed by atoms with E-state index < -0.39 is 16.6 Å². The first kappa shape index (κ1) is 19.3. The van der Waals surface area contributed by atoms with Crippen LogP contribution < -0.4 is 4.72 Å². The predicted octanol–water partition coefficient (Wildman–Crippen LogP) is 5.10. The normalized spacial score (nSPS) is 12.2. The number of aromatic amines is 1. The maximum absolute atomic E-state index is 12.9. The number of benzene rings is 1. The summed E-state index contributed by atoms with van der Waals surface area (Å²) >= 11 is 10.6. The molecule has 4 rings (SSSR count). The second-order valence-electron chi connectivity index (χ2n) is 5.55. The van der Waals surface area contributed by atoms with E-state index in [0.29, 0.717) is 31.9 Å². The molecule has 0 fully saturated rings. The number of rotatable bonds is 5. The van der Waals surface area contributed by atoms with Gasteiger partial charge in [0.05, 0.1) is 27.9 Å². The van der Waals surface area contributed by atoms with Gasteiger partial charge in [-0.1, -0.05) is 11.6 Å². The van der Waals surface area contributed by atoms with Crippen molar-refractivity contribution in [2.75, 3.05) is 4.72 Å². The molecule has 0 amide bonds. The topological polar surface area (TPSA) is 92.7 Å². The second-order valence-corrected chi connectivity index (χ2v) is 9.08. The number of halogens is 4. The van der Waals surface area contributed by atoms with Gasteiger partial charge in [0.1, 0.15) is 15.2 Å². The van der Waals surface area contributed by atoms with Crippen LogP contribution >= 0.6 is 38.9 Å². The van der Waals surface area contributed by atoms with Crippen molar-refractivity contribution in [2.24, 2.45) is 0 Å². The highest BCUT2D eigenvalue weighted by atomic mass is 79.9. The minimum atomic E-state index is -4.10. The van der Waals surface area contributed by atoms with Crippen molar-refractivity contribution >= 4 is 65.5 Å². The van der Waals surface area contributed by atoms with Gasteiger partial charge >= 0.3 is 6.55 Å². The van der Waals surface area contributed by atoms with Crippen LogP contribution in [-0.2, 0) is 10.0 Å². The molecule has 0 aliphatic heterocycles. The van der Waals surface area contributed by atoms with E-state index in [9.17, 15) is 17.2 Å². The Morgan fingerprint density at radius 1 is 1.36 bits per heavy atom. The average molecular weight is 509 g/mol. The monoisotopic (exact) mass is 507 g/mol. The van der Waals surface area contributed by atoms with Gasteiger partial charge in [-0.05, 0) is 28.1 Å². The molecule has 0 atom stereocenters. The lowest BCUT2D eigenvalue weighted by molar-refractivity contribution is 0.0542. The van der Waals surface area contributed by atoms with Gasteiger partial charge in [-0.15, -0.1) is 11.3 Å². The number of alkyl halides is 2. The van der Waals surface area contributed by atoms with Crippen LogP contribution in [0.4, 0.5) is 14.5 Å². The molecule has 2 N–H and O–H groups in total. The Hall–Kier alpha value is -2.02. The molecule has 0 aliphatic carbocycles. The number of nitrogens with one attached hydrogen (secondary N) is 2. The number of nitrogens with zero attached hydrogens (tertiary/aromatic N) is 3. The van der Waals surface area contributed by atoms with E-state index in [0.717, 1.165) is 6.20 Å². The zero-order chi connectivity index (χ0) is 20.1. The Morgan fingerprint density at radius 2 is 2.14 bits per heavy atom. The summed E-state index contributed by atoms with van der Waals surface area (Å²) in [6.07, 6.45) is 2.31. The molecule has 146 valence electrons. The minimum Gasteiger partial charge on any atom is -0.359 e. The van der Waals surface area contributed by atoms with Crippen molar-refractivity contribution in [3.8, 4) is 11.3 Å². The second kappa shape index (κ2) is 7.10. The largest absolute Gasteiger partial charge is 0.359 e. The van der Waals surface area contributed by atoms with E-state index in [1.165, 1.54) is 17.5 Å². The first-order chi connectivity index (χ1) is 13.3. The molecule has 0 aliphatic rings. The van der Waals surface area contributed by atoms with Crippen molar-refractivity contribution < 1.29 is 17.2 Å². The van der Waals surface area contributed by atoms with Gasteiger partial charge in [0, 0.05) is 22.5 Å². The van der Waals surface area contributed by atoms with E-state index in [-0.39, 0.29) is 15.2 Å². The molecule has 0 spiro atoms. The van der Waals surface area contributed by atoms with Crippen LogP contribution in [0.25, 0.3) is 22.2 Å². The standard InChI is InChI=1S/C15H9BrClF2N5O2S2/c16-14-9(3-22-24(14)15(18)19)23-28(25,26)11-4-20-13-7(11)1-2-8(17)12(13)10-5-27-6-21-10/h1-6,15,20,23H. The molecule has 0 saturated carbocycles. The molecule has 3 heterocycles. The molecule has 0 saturated heterocycles. The number of hydrogen-bond donors (Lipinski definition) is 2. The van der Waals surface area contributed by atoms with Crippen LogP contribution in [0.2, 0.25) is 5.02 Å². The SMILES string of the molecule is O=S(=O)(Nc1cnn(C(F)F)c1Br)c1c[nH]c2c(-c3cscn3)c(Cl)ccc12. The van der Waals surface area contributed by atoms with Crippen molar-refractivity contribution in [3.05, 3.63) is 45.0 Å². The van der Waals surface area contributed by atoms with Gasteiger partial charge in [-0.2, -0.15) is 18.6 Å². The quantitative estimate of drug-likeness (QED) is 0.392. The number of thiazole rings is 1. The highest BCUT2D eigenvalue weighted by Gasteiger charge is 2.25. The maximum atomic E-state index is 12.9. The number of fused-ring (bicyclic) bond motifs is 1. The number of anilines is 1. The fraction of sp³-hybridized carbons (Fsp3) is 0.0667. The lowest BCUT2D eigenvalue weighted by Gasteiger charge is -2.08.